The number of nitrogens with zero attached hydrogens (tertiary/aromatic N) is 3. The van der Waals surface area contributed by atoms with Crippen LogP contribution in [0.25, 0.3) is 0 Å². The van der Waals surface area contributed by atoms with Crippen molar-refractivity contribution in [3.8, 4) is 0 Å². The summed E-state index contributed by atoms with van der Waals surface area (Å²) in [5.74, 6) is 0.690. The fourth-order valence-corrected chi connectivity index (χ4v) is 4.25. The third-order valence-corrected chi connectivity index (χ3v) is 5.90. The molecule has 23 heavy (non-hydrogen) atoms. The molecule has 4 heteroatoms. The van der Waals surface area contributed by atoms with Crippen molar-refractivity contribution in [2.24, 2.45) is 5.92 Å². The average molecular weight is 324 g/mol. The summed E-state index contributed by atoms with van der Waals surface area (Å²) in [5.41, 5.74) is 0.232. The van der Waals surface area contributed by atoms with Crippen LogP contribution in [0.4, 0.5) is 0 Å². The van der Waals surface area contributed by atoms with E-state index in [1.807, 2.05) is 0 Å². The third kappa shape index (κ3) is 4.69. The molecule has 0 saturated carbocycles. The summed E-state index contributed by atoms with van der Waals surface area (Å²) in [5, 5.41) is 0. The predicted molar refractivity (Wildman–Crippen MR) is 96.6 cm³/mol. The molecule has 0 N–H and O–H groups in total. The molecule has 0 bridgehead atoms. The zero-order chi connectivity index (χ0) is 17.0. The first-order valence-electron chi connectivity index (χ1n) is 9.64. The van der Waals surface area contributed by atoms with Crippen molar-refractivity contribution in [3.05, 3.63) is 0 Å². The molecular formula is C19H37N3O. The molecule has 1 amide bonds. The van der Waals surface area contributed by atoms with E-state index in [4.69, 9.17) is 0 Å². The second-order valence-corrected chi connectivity index (χ2v) is 8.21. The summed E-state index contributed by atoms with van der Waals surface area (Å²) in [4.78, 5) is 20.0. The van der Waals surface area contributed by atoms with E-state index in [0.29, 0.717) is 11.9 Å². The summed E-state index contributed by atoms with van der Waals surface area (Å²) >= 11 is 0. The molecular weight excluding hydrogens is 286 g/mol. The van der Waals surface area contributed by atoms with Gasteiger partial charge in [0.05, 0.1) is 0 Å². The van der Waals surface area contributed by atoms with Gasteiger partial charge in [0.1, 0.15) is 0 Å². The smallest absolute Gasteiger partial charge is 0.225 e. The summed E-state index contributed by atoms with van der Waals surface area (Å²) in [7, 11) is 0. The van der Waals surface area contributed by atoms with Crippen molar-refractivity contribution in [1.29, 1.82) is 0 Å². The van der Waals surface area contributed by atoms with Crippen molar-refractivity contribution < 1.29 is 4.79 Å². The van der Waals surface area contributed by atoms with Gasteiger partial charge in [0.25, 0.3) is 0 Å². The van der Waals surface area contributed by atoms with Gasteiger partial charge in [0.15, 0.2) is 0 Å². The first-order valence-corrected chi connectivity index (χ1v) is 9.64. The molecule has 0 aromatic rings. The molecule has 2 saturated heterocycles. The average Bonchev–Trinajstić information content (AvgIpc) is 2.55. The van der Waals surface area contributed by atoms with Crippen molar-refractivity contribution in [3.63, 3.8) is 0 Å². The number of amides is 1. The second kappa shape index (κ2) is 7.98. The third-order valence-electron chi connectivity index (χ3n) is 5.90. The maximum Gasteiger partial charge on any atom is 0.225 e. The molecule has 2 rings (SSSR count). The van der Waals surface area contributed by atoms with Crippen LogP contribution in [0.5, 0.6) is 0 Å². The Kier molecular flexibility index (Phi) is 6.49. The van der Waals surface area contributed by atoms with E-state index in [2.05, 4.69) is 49.3 Å². The quantitative estimate of drug-likeness (QED) is 0.796. The minimum absolute atomic E-state index is 0.232. The predicted octanol–water partition coefficient (Wildman–Crippen LogP) is 2.83. The monoisotopic (exact) mass is 323 g/mol. The Labute approximate surface area is 143 Å². The second-order valence-electron chi connectivity index (χ2n) is 8.21. The molecule has 134 valence electrons. The molecule has 2 aliphatic heterocycles. The van der Waals surface area contributed by atoms with Crippen molar-refractivity contribution in [2.75, 3.05) is 39.3 Å². The van der Waals surface area contributed by atoms with Crippen molar-refractivity contribution in [2.45, 2.75) is 71.9 Å². The van der Waals surface area contributed by atoms with Gasteiger partial charge in [-0.2, -0.15) is 0 Å². The number of rotatable bonds is 4. The molecule has 0 spiro atoms. The van der Waals surface area contributed by atoms with Crippen LogP contribution < -0.4 is 0 Å². The maximum atomic E-state index is 12.8. The Balaban J connectivity index is 1.80. The van der Waals surface area contributed by atoms with Gasteiger partial charge in [-0.1, -0.05) is 13.8 Å². The van der Waals surface area contributed by atoms with Crippen LogP contribution in [0.2, 0.25) is 0 Å². The van der Waals surface area contributed by atoms with Crippen LogP contribution in [0, 0.1) is 5.92 Å². The Hall–Kier alpha value is -0.610. The molecule has 0 aromatic carbocycles. The molecule has 0 radical (unpaired) electrons. The number of carbonyl (C=O) groups is 1. The zero-order valence-corrected chi connectivity index (χ0v) is 16.0. The number of hydrogen-bond acceptors (Lipinski definition) is 3. The van der Waals surface area contributed by atoms with Gasteiger partial charge in [0, 0.05) is 30.6 Å². The highest BCUT2D eigenvalue weighted by molar-refractivity contribution is 5.79. The van der Waals surface area contributed by atoms with E-state index in [9.17, 15) is 4.79 Å². The van der Waals surface area contributed by atoms with E-state index in [-0.39, 0.29) is 11.5 Å². The van der Waals surface area contributed by atoms with Crippen molar-refractivity contribution in [1.82, 2.24) is 14.7 Å². The summed E-state index contributed by atoms with van der Waals surface area (Å²) in [6, 6.07) is 0.678. The fourth-order valence-electron chi connectivity index (χ4n) is 4.25. The van der Waals surface area contributed by atoms with Gasteiger partial charge in [-0.05, 0) is 72.6 Å². The molecule has 0 unspecified atom stereocenters. The van der Waals surface area contributed by atoms with Gasteiger partial charge in [-0.3, -0.25) is 9.69 Å². The van der Waals surface area contributed by atoms with Gasteiger partial charge in [-0.15, -0.1) is 0 Å². The minimum atomic E-state index is 0.232. The molecule has 2 aliphatic rings. The first kappa shape index (κ1) is 18.7. The van der Waals surface area contributed by atoms with Crippen LogP contribution in [0.3, 0.4) is 0 Å². The topological polar surface area (TPSA) is 26.8 Å². The standard InChI is InChI=1S/C19H37N3O/c1-6-20(7-2)17-10-12-21(13-11-17)18(23)16-8-14-22(15-9-16)19(3,4)5/h16-17H,6-15H2,1-5H3. The van der Waals surface area contributed by atoms with Crippen molar-refractivity contribution >= 4 is 5.91 Å². The van der Waals surface area contributed by atoms with Crippen LogP contribution in [-0.2, 0) is 4.79 Å². The Morgan fingerprint density at radius 2 is 1.48 bits per heavy atom. The van der Waals surface area contributed by atoms with Crippen LogP contribution in [-0.4, -0.2) is 71.5 Å². The maximum absolute atomic E-state index is 12.8. The lowest BCUT2D eigenvalue weighted by Gasteiger charge is -2.43. The SMILES string of the molecule is CCN(CC)C1CCN(C(=O)C2CCN(C(C)(C)C)CC2)CC1. The van der Waals surface area contributed by atoms with E-state index < -0.39 is 0 Å². The summed E-state index contributed by atoms with van der Waals surface area (Å²) < 4.78 is 0. The van der Waals surface area contributed by atoms with Gasteiger partial charge < -0.3 is 9.80 Å². The molecule has 0 atom stereocenters. The van der Waals surface area contributed by atoms with E-state index in [1.165, 1.54) is 0 Å². The highest BCUT2D eigenvalue weighted by Gasteiger charge is 2.34. The van der Waals surface area contributed by atoms with Crippen LogP contribution in [0.1, 0.15) is 60.3 Å². The number of piperidine rings is 2. The molecule has 4 nitrogen and oxygen atoms in total. The van der Waals surface area contributed by atoms with Gasteiger partial charge in [-0.25, -0.2) is 0 Å². The lowest BCUT2D eigenvalue weighted by molar-refractivity contribution is -0.139. The zero-order valence-electron chi connectivity index (χ0n) is 16.0. The number of carbonyl (C=O) groups excluding carboxylic acids is 1. The highest BCUT2D eigenvalue weighted by atomic mass is 16.2. The van der Waals surface area contributed by atoms with E-state index >= 15 is 0 Å². The van der Waals surface area contributed by atoms with E-state index in [1.54, 1.807) is 0 Å². The molecule has 2 heterocycles. The summed E-state index contributed by atoms with van der Waals surface area (Å²) in [6.45, 7) is 17.6. The van der Waals surface area contributed by atoms with E-state index in [0.717, 1.165) is 65.0 Å². The fraction of sp³-hybridized carbons (Fsp3) is 0.947. The lowest BCUT2D eigenvalue weighted by Crippen LogP contribution is -2.51. The van der Waals surface area contributed by atoms with Crippen LogP contribution in [0.15, 0.2) is 0 Å². The summed E-state index contributed by atoms with van der Waals surface area (Å²) in [6.07, 6.45) is 4.36. The number of hydrogen-bond donors (Lipinski definition) is 0. The lowest BCUT2D eigenvalue weighted by atomic mass is 9.91. The first-order chi connectivity index (χ1) is 10.9. The normalized spacial score (nSPS) is 22.8. The van der Waals surface area contributed by atoms with Gasteiger partial charge in [0.2, 0.25) is 5.91 Å². The highest BCUT2D eigenvalue weighted by Crippen LogP contribution is 2.26. The Bertz CT molecular complexity index is 371. The Morgan fingerprint density at radius 1 is 0.957 bits per heavy atom. The minimum Gasteiger partial charge on any atom is -0.342 e. The van der Waals surface area contributed by atoms with Gasteiger partial charge >= 0.3 is 0 Å². The van der Waals surface area contributed by atoms with Crippen LogP contribution >= 0.6 is 0 Å². The number of likely N-dealkylation sites (tertiary alicyclic amines) is 2. The molecule has 0 aromatic heterocycles. The Morgan fingerprint density at radius 3 is 1.91 bits per heavy atom. The largest absolute Gasteiger partial charge is 0.342 e. The molecule has 2 fully saturated rings. The molecule has 0 aliphatic carbocycles.